The molecule has 0 bridgehead atoms. The number of nitrogens with zero attached hydrogens (tertiary/aromatic N) is 3. The molecule has 10 heteroatoms. The molecule has 1 aliphatic heterocycles. The van der Waals surface area contributed by atoms with Crippen molar-refractivity contribution in [1.29, 1.82) is 0 Å². The number of carbonyl (C=O) groups excluding carboxylic acids is 3. The second kappa shape index (κ2) is 12.8. The van der Waals surface area contributed by atoms with Crippen LogP contribution in [0, 0.1) is 0 Å². The van der Waals surface area contributed by atoms with Crippen LogP contribution in [0.3, 0.4) is 0 Å². The van der Waals surface area contributed by atoms with Crippen molar-refractivity contribution < 1.29 is 28.6 Å². The van der Waals surface area contributed by atoms with Gasteiger partial charge in [-0.2, -0.15) is 0 Å². The van der Waals surface area contributed by atoms with Crippen LogP contribution in [0.25, 0.3) is 10.8 Å². The number of amides is 1. The minimum absolute atomic E-state index is 0.154. The largest absolute Gasteiger partial charge is 0.494 e. The van der Waals surface area contributed by atoms with Gasteiger partial charge >= 0.3 is 0 Å². The summed E-state index contributed by atoms with van der Waals surface area (Å²) in [5, 5.41) is 4.07. The zero-order valence-corrected chi connectivity index (χ0v) is 24.9. The number of Topliss-reactive ketones (excluding diaryl/α,β-unsaturated/α-hetero) is 1. The number of hydrogen-bond acceptors (Lipinski definition) is 8. The fraction of sp³-hybridized carbons (Fsp3) is 0.333. The number of carbonyl (C=O) groups is 3. The van der Waals surface area contributed by atoms with Gasteiger partial charge in [0.25, 0.3) is 17.6 Å². The summed E-state index contributed by atoms with van der Waals surface area (Å²) >= 11 is 0. The molecular formula is C33H36N4O6. The van der Waals surface area contributed by atoms with E-state index in [1.807, 2.05) is 39.0 Å². The van der Waals surface area contributed by atoms with Crippen LogP contribution in [0.1, 0.15) is 47.1 Å². The number of ketones is 1. The standard InChI is InChI=1S/C33H36N4O6/c1-33(2,3)22-19-26(32(40)37-12-11-34-21-37)30(41-4)27(20-22)35-31(39)29(38)25-9-10-28(24-8-6-5-7-23(24)25)43-18-15-36-13-16-42-17-14-36/h5-12,19-21H,13-18H2,1-4H3,(H,35,39). The lowest BCUT2D eigenvalue weighted by Gasteiger charge is -2.26. The van der Waals surface area contributed by atoms with Crippen molar-refractivity contribution in [3.8, 4) is 11.5 Å². The molecular weight excluding hydrogens is 548 g/mol. The first kappa shape index (κ1) is 29.9. The number of aromatic nitrogens is 2. The molecule has 1 amide bonds. The molecule has 0 unspecified atom stereocenters. The van der Waals surface area contributed by atoms with Crippen molar-refractivity contribution in [3.63, 3.8) is 0 Å². The van der Waals surface area contributed by atoms with Crippen LogP contribution in [0.4, 0.5) is 5.69 Å². The predicted molar refractivity (Wildman–Crippen MR) is 163 cm³/mol. The van der Waals surface area contributed by atoms with Crippen LogP contribution in [0.5, 0.6) is 11.5 Å². The molecule has 1 aromatic heterocycles. The number of nitrogens with one attached hydrogen (secondary N) is 1. The summed E-state index contributed by atoms with van der Waals surface area (Å²) in [5.41, 5.74) is 1.12. The highest BCUT2D eigenvalue weighted by Gasteiger charge is 2.27. The SMILES string of the molecule is COc1c(NC(=O)C(=O)c2ccc(OCCN3CCOCC3)c3ccccc23)cc(C(C)(C)C)cc1C(=O)n1ccnc1. The maximum atomic E-state index is 13.6. The van der Waals surface area contributed by atoms with E-state index in [1.54, 1.807) is 30.3 Å². The summed E-state index contributed by atoms with van der Waals surface area (Å²) < 4.78 is 18.5. The maximum absolute atomic E-state index is 13.6. The Balaban J connectivity index is 1.42. The molecule has 43 heavy (non-hydrogen) atoms. The fourth-order valence-corrected chi connectivity index (χ4v) is 5.06. The second-order valence-electron chi connectivity index (χ2n) is 11.4. The molecule has 10 nitrogen and oxygen atoms in total. The summed E-state index contributed by atoms with van der Waals surface area (Å²) in [7, 11) is 1.42. The molecule has 1 saturated heterocycles. The third-order valence-corrected chi connectivity index (χ3v) is 7.48. The van der Waals surface area contributed by atoms with Crippen molar-refractivity contribution in [2.45, 2.75) is 26.2 Å². The van der Waals surface area contributed by atoms with Crippen molar-refractivity contribution in [3.05, 3.63) is 83.9 Å². The van der Waals surface area contributed by atoms with E-state index in [9.17, 15) is 14.4 Å². The Bertz CT molecular complexity index is 1640. The molecule has 0 radical (unpaired) electrons. The topological polar surface area (TPSA) is 112 Å². The molecule has 0 spiro atoms. The monoisotopic (exact) mass is 584 g/mol. The van der Waals surface area contributed by atoms with E-state index < -0.39 is 11.7 Å². The Kier molecular flexibility index (Phi) is 8.89. The van der Waals surface area contributed by atoms with E-state index >= 15 is 0 Å². The van der Waals surface area contributed by atoms with Gasteiger partial charge in [-0.15, -0.1) is 0 Å². The zero-order chi connectivity index (χ0) is 30.6. The van der Waals surface area contributed by atoms with Gasteiger partial charge in [-0.3, -0.25) is 23.9 Å². The van der Waals surface area contributed by atoms with Crippen molar-refractivity contribution in [2.75, 3.05) is 51.9 Å². The van der Waals surface area contributed by atoms with Crippen LogP contribution in [0.2, 0.25) is 0 Å². The van der Waals surface area contributed by atoms with Crippen LogP contribution in [-0.4, -0.2) is 78.6 Å². The van der Waals surface area contributed by atoms with E-state index in [1.165, 1.54) is 30.4 Å². The van der Waals surface area contributed by atoms with Gasteiger partial charge in [-0.1, -0.05) is 45.0 Å². The summed E-state index contributed by atoms with van der Waals surface area (Å²) in [4.78, 5) is 46.6. The average molecular weight is 585 g/mol. The zero-order valence-electron chi connectivity index (χ0n) is 24.9. The number of imidazole rings is 1. The molecule has 1 N–H and O–H groups in total. The lowest BCUT2D eigenvalue weighted by atomic mass is 9.85. The van der Waals surface area contributed by atoms with E-state index in [4.69, 9.17) is 14.2 Å². The van der Waals surface area contributed by atoms with Gasteiger partial charge < -0.3 is 19.5 Å². The maximum Gasteiger partial charge on any atom is 0.296 e. The summed E-state index contributed by atoms with van der Waals surface area (Å²) in [5.74, 6) is -1.15. The minimum Gasteiger partial charge on any atom is -0.494 e. The van der Waals surface area contributed by atoms with Gasteiger partial charge in [0.1, 0.15) is 18.7 Å². The number of benzene rings is 3. The molecule has 0 atom stereocenters. The molecule has 0 aliphatic carbocycles. The van der Waals surface area contributed by atoms with E-state index in [2.05, 4.69) is 15.2 Å². The fourth-order valence-electron chi connectivity index (χ4n) is 5.06. The normalized spacial score (nSPS) is 14.0. The van der Waals surface area contributed by atoms with Gasteiger partial charge in [0.2, 0.25) is 0 Å². The molecule has 3 aromatic carbocycles. The summed E-state index contributed by atoms with van der Waals surface area (Å²) in [6.07, 6.45) is 4.44. The van der Waals surface area contributed by atoms with Gasteiger partial charge in [0, 0.05) is 43.0 Å². The third-order valence-electron chi connectivity index (χ3n) is 7.48. The lowest BCUT2D eigenvalue weighted by Crippen LogP contribution is -2.38. The van der Waals surface area contributed by atoms with Crippen LogP contribution in [0.15, 0.2) is 67.3 Å². The Hall–Kier alpha value is -4.54. The molecule has 1 fully saturated rings. The number of anilines is 1. The quantitative estimate of drug-likeness (QED) is 0.225. The van der Waals surface area contributed by atoms with Gasteiger partial charge in [-0.05, 0) is 40.6 Å². The number of rotatable bonds is 9. The number of fused-ring (bicyclic) bond motifs is 1. The van der Waals surface area contributed by atoms with Crippen LogP contribution < -0.4 is 14.8 Å². The van der Waals surface area contributed by atoms with Crippen LogP contribution >= 0.6 is 0 Å². The Morgan fingerprint density at radius 2 is 1.74 bits per heavy atom. The number of ether oxygens (including phenoxy) is 3. The van der Waals surface area contributed by atoms with Gasteiger partial charge in [0.05, 0.1) is 31.6 Å². The minimum atomic E-state index is -0.850. The lowest BCUT2D eigenvalue weighted by molar-refractivity contribution is -0.112. The number of methoxy groups -OCH3 is 1. The first-order chi connectivity index (χ1) is 20.7. The Morgan fingerprint density at radius 3 is 2.42 bits per heavy atom. The Morgan fingerprint density at radius 1 is 1.00 bits per heavy atom. The first-order valence-corrected chi connectivity index (χ1v) is 14.2. The molecule has 2 heterocycles. The van der Waals surface area contributed by atoms with Gasteiger partial charge in [0.15, 0.2) is 5.75 Å². The number of morpholine rings is 1. The average Bonchev–Trinajstić information content (AvgIpc) is 3.55. The van der Waals surface area contributed by atoms with E-state index in [0.29, 0.717) is 17.7 Å². The summed E-state index contributed by atoms with van der Waals surface area (Å²) in [6.45, 7) is 10.4. The van der Waals surface area contributed by atoms with E-state index in [0.717, 1.165) is 43.8 Å². The summed E-state index contributed by atoms with van der Waals surface area (Å²) in [6, 6.07) is 14.2. The molecule has 1 aliphatic rings. The van der Waals surface area contributed by atoms with Crippen molar-refractivity contribution >= 4 is 34.1 Å². The van der Waals surface area contributed by atoms with E-state index in [-0.39, 0.29) is 33.9 Å². The van der Waals surface area contributed by atoms with Crippen molar-refractivity contribution in [2.24, 2.45) is 0 Å². The smallest absolute Gasteiger partial charge is 0.296 e. The van der Waals surface area contributed by atoms with Crippen LogP contribution in [-0.2, 0) is 14.9 Å². The number of hydrogen-bond donors (Lipinski definition) is 1. The molecule has 4 aromatic rings. The Labute approximate surface area is 250 Å². The first-order valence-electron chi connectivity index (χ1n) is 14.2. The second-order valence-corrected chi connectivity index (χ2v) is 11.4. The van der Waals surface area contributed by atoms with Gasteiger partial charge in [-0.25, -0.2) is 4.98 Å². The predicted octanol–water partition coefficient (Wildman–Crippen LogP) is 4.56. The highest BCUT2D eigenvalue weighted by atomic mass is 16.5. The highest BCUT2D eigenvalue weighted by Crippen LogP contribution is 2.36. The van der Waals surface area contributed by atoms with Crippen molar-refractivity contribution in [1.82, 2.24) is 14.5 Å². The third kappa shape index (κ3) is 6.60. The molecule has 5 rings (SSSR count). The molecule has 224 valence electrons. The highest BCUT2D eigenvalue weighted by molar-refractivity contribution is 6.48. The molecule has 0 saturated carbocycles.